The van der Waals surface area contributed by atoms with Crippen molar-refractivity contribution >= 4 is 34.9 Å². The molecule has 2 fully saturated rings. The van der Waals surface area contributed by atoms with Crippen LogP contribution in [0.3, 0.4) is 0 Å². The zero-order chi connectivity index (χ0) is 27.1. The molecule has 0 spiro atoms. The third kappa shape index (κ3) is 5.29. The molecule has 0 amide bonds. The second-order valence-electron chi connectivity index (χ2n) is 10.1. The van der Waals surface area contributed by atoms with Crippen molar-refractivity contribution in [3.63, 3.8) is 0 Å². The highest BCUT2D eigenvalue weighted by atomic mass is 35.5. The Balaban J connectivity index is 1.10. The fourth-order valence-corrected chi connectivity index (χ4v) is 5.76. The summed E-state index contributed by atoms with van der Waals surface area (Å²) in [6.45, 7) is 2.16. The maximum Gasteiger partial charge on any atom is 0.354 e. The highest BCUT2D eigenvalue weighted by Crippen LogP contribution is 2.46. The lowest BCUT2D eigenvalue weighted by atomic mass is 10.0. The minimum atomic E-state index is -0.991. The van der Waals surface area contributed by atoms with Gasteiger partial charge in [0.05, 0.1) is 28.5 Å². The number of halogens is 2. The number of carbonyl (C=O) groups is 1. The van der Waals surface area contributed by atoms with Gasteiger partial charge >= 0.3 is 5.97 Å². The quantitative estimate of drug-likeness (QED) is 0.250. The first-order valence-corrected chi connectivity index (χ1v) is 13.8. The summed E-state index contributed by atoms with van der Waals surface area (Å²) in [5, 5.41) is 19.1. The number of hydrogen-bond acceptors (Lipinski definition) is 6. The van der Waals surface area contributed by atoms with E-state index in [1.165, 1.54) is 4.68 Å². The maximum absolute atomic E-state index is 11.3. The van der Waals surface area contributed by atoms with Crippen LogP contribution < -0.4 is 4.90 Å². The lowest BCUT2D eigenvalue weighted by molar-refractivity contribution is 0.0246. The zero-order valence-corrected chi connectivity index (χ0v) is 23.0. The molecule has 202 valence electrons. The van der Waals surface area contributed by atoms with E-state index in [0.29, 0.717) is 39.5 Å². The molecule has 0 unspecified atom stereocenters. The molecule has 10 heteroatoms. The number of aromatic carboxylic acids is 1. The average molecular weight is 567 g/mol. The number of ether oxygens (including phenoxy) is 1. The first-order chi connectivity index (χ1) is 18.9. The third-order valence-corrected chi connectivity index (χ3v) is 8.13. The number of rotatable bonds is 8. The fraction of sp³-hybridized carbons (Fsp3) is 0.345. The number of benzene rings is 2. The Morgan fingerprint density at radius 3 is 2.38 bits per heavy atom. The summed E-state index contributed by atoms with van der Waals surface area (Å²) < 4.78 is 13.6. The highest BCUT2D eigenvalue weighted by molar-refractivity contribution is 6.39. The van der Waals surface area contributed by atoms with Gasteiger partial charge in [-0.2, -0.15) is 5.10 Å². The summed E-state index contributed by atoms with van der Waals surface area (Å²) in [6, 6.07) is 15.1. The van der Waals surface area contributed by atoms with E-state index in [9.17, 15) is 9.90 Å². The molecule has 1 N–H and O–H groups in total. The van der Waals surface area contributed by atoms with Crippen molar-refractivity contribution in [2.45, 2.75) is 44.3 Å². The molecule has 3 heterocycles. The van der Waals surface area contributed by atoms with Crippen LogP contribution in [0.1, 0.15) is 53.4 Å². The summed E-state index contributed by atoms with van der Waals surface area (Å²) in [7, 11) is 1.64. The molecule has 6 rings (SSSR count). The topological polar surface area (TPSA) is 93.6 Å². The second-order valence-corrected chi connectivity index (χ2v) is 10.9. The summed E-state index contributed by atoms with van der Waals surface area (Å²) >= 11 is 13.0. The molecule has 0 bridgehead atoms. The number of carboxylic acid groups (broad SMARTS) is 1. The van der Waals surface area contributed by atoms with Crippen molar-refractivity contribution < 1.29 is 19.2 Å². The van der Waals surface area contributed by atoms with E-state index in [-0.39, 0.29) is 11.8 Å². The number of nitrogens with zero attached hydrogens (tertiary/aromatic N) is 4. The van der Waals surface area contributed by atoms with E-state index in [4.69, 9.17) is 32.5 Å². The van der Waals surface area contributed by atoms with E-state index < -0.39 is 5.97 Å². The number of anilines is 1. The first kappa shape index (κ1) is 25.9. The van der Waals surface area contributed by atoms with E-state index >= 15 is 0 Å². The molecule has 1 aliphatic carbocycles. The molecule has 2 aromatic heterocycles. The predicted molar refractivity (Wildman–Crippen MR) is 150 cm³/mol. The van der Waals surface area contributed by atoms with Crippen molar-refractivity contribution in [3.05, 3.63) is 75.6 Å². The summed E-state index contributed by atoms with van der Waals surface area (Å²) in [5.41, 5.74) is 5.13. The van der Waals surface area contributed by atoms with Crippen LogP contribution in [0.25, 0.3) is 22.5 Å². The van der Waals surface area contributed by atoms with Crippen LogP contribution in [0.4, 0.5) is 5.69 Å². The Labute approximate surface area is 236 Å². The van der Waals surface area contributed by atoms with Crippen molar-refractivity contribution in [2.75, 3.05) is 18.0 Å². The van der Waals surface area contributed by atoms with Gasteiger partial charge in [0.15, 0.2) is 0 Å². The van der Waals surface area contributed by atoms with Gasteiger partial charge in [-0.3, -0.25) is 4.68 Å². The monoisotopic (exact) mass is 566 g/mol. The van der Waals surface area contributed by atoms with Gasteiger partial charge in [0.25, 0.3) is 0 Å². The predicted octanol–water partition coefficient (Wildman–Crippen LogP) is 6.81. The maximum atomic E-state index is 11.3. The first-order valence-electron chi connectivity index (χ1n) is 13.1. The van der Waals surface area contributed by atoms with E-state index in [1.54, 1.807) is 13.1 Å². The van der Waals surface area contributed by atoms with E-state index in [2.05, 4.69) is 27.3 Å². The standard InChI is InChI=1S/C29H28Cl2N4O4/c1-34-25(29(36)37)15-24(32-34)17-7-9-19(10-8-17)35-13-11-20(12-14-35)38-16-21-27(33-39-28(21)18-5-6-18)26-22(30)3-2-4-23(26)31/h2-4,7-10,15,18,20H,5-6,11-14,16H2,1H3,(H,36,37). The van der Waals surface area contributed by atoms with Crippen LogP contribution >= 0.6 is 23.2 Å². The molecule has 1 saturated heterocycles. The highest BCUT2D eigenvalue weighted by Gasteiger charge is 2.34. The lowest BCUT2D eigenvalue weighted by Gasteiger charge is -2.33. The molecule has 1 aliphatic heterocycles. The van der Waals surface area contributed by atoms with Crippen LogP contribution in [-0.4, -0.2) is 45.2 Å². The fourth-order valence-electron chi connectivity index (χ4n) is 5.18. The molecule has 0 radical (unpaired) electrons. The SMILES string of the molecule is Cn1nc(-c2ccc(N3CCC(OCc4c(-c5c(Cl)cccc5Cl)noc4C4CC4)CC3)cc2)cc1C(=O)O. The summed E-state index contributed by atoms with van der Waals surface area (Å²) in [4.78, 5) is 13.7. The van der Waals surface area contributed by atoms with Crippen LogP contribution in [0.15, 0.2) is 53.1 Å². The zero-order valence-electron chi connectivity index (χ0n) is 21.4. The Hall–Kier alpha value is -3.33. The van der Waals surface area contributed by atoms with Gasteiger partial charge in [0.2, 0.25) is 0 Å². The van der Waals surface area contributed by atoms with Gasteiger partial charge in [-0.1, -0.05) is 46.6 Å². The largest absolute Gasteiger partial charge is 0.477 e. The molecule has 8 nitrogen and oxygen atoms in total. The summed E-state index contributed by atoms with van der Waals surface area (Å²) in [6.07, 6.45) is 4.11. The van der Waals surface area contributed by atoms with Gasteiger partial charge < -0.3 is 19.3 Å². The molecule has 4 aromatic rings. The third-order valence-electron chi connectivity index (χ3n) is 7.50. The molecule has 2 aromatic carbocycles. The second kappa shape index (κ2) is 10.7. The Kier molecular flexibility index (Phi) is 7.10. The normalized spacial score (nSPS) is 16.1. The average Bonchev–Trinajstić information content (AvgIpc) is 3.57. The number of aryl methyl sites for hydroxylation is 1. The number of hydrogen-bond donors (Lipinski definition) is 1. The molecule has 2 aliphatic rings. The van der Waals surface area contributed by atoms with E-state index in [1.807, 2.05) is 30.3 Å². The molecular formula is C29H28Cl2N4O4. The van der Waals surface area contributed by atoms with Gasteiger partial charge in [-0.05, 0) is 56.0 Å². The minimum Gasteiger partial charge on any atom is -0.477 e. The Bertz CT molecular complexity index is 1480. The van der Waals surface area contributed by atoms with Crippen LogP contribution in [0, 0.1) is 0 Å². The summed E-state index contributed by atoms with van der Waals surface area (Å²) in [5.74, 6) is 0.286. The van der Waals surface area contributed by atoms with Crippen molar-refractivity contribution in [1.29, 1.82) is 0 Å². The van der Waals surface area contributed by atoms with E-state index in [0.717, 1.165) is 61.3 Å². The minimum absolute atomic E-state index is 0.125. The Morgan fingerprint density at radius 2 is 1.77 bits per heavy atom. The molecule has 0 atom stereocenters. The molecule has 1 saturated carbocycles. The Morgan fingerprint density at radius 1 is 1.08 bits per heavy atom. The van der Waals surface area contributed by atoms with Crippen LogP contribution in [-0.2, 0) is 18.4 Å². The van der Waals surface area contributed by atoms with Crippen molar-refractivity contribution in [3.8, 4) is 22.5 Å². The van der Waals surface area contributed by atoms with Gasteiger partial charge in [0.1, 0.15) is 17.1 Å². The van der Waals surface area contributed by atoms with Gasteiger partial charge in [-0.15, -0.1) is 0 Å². The van der Waals surface area contributed by atoms with Crippen LogP contribution in [0.5, 0.6) is 0 Å². The number of aromatic nitrogens is 3. The van der Waals surface area contributed by atoms with Gasteiger partial charge in [-0.25, -0.2) is 4.79 Å². The smallest absolute Gasteiger partial charge is 0.354 e. The van der Waals surface area contributed by atoms with Crippen molar-refractivity contribution in [2.24, 2.45) is 7.05 Å². The van der Waals surface area contributed by atoms with Crippen molar-refractivity contribution in [1.82, 2.24) is 14.9 Å². The lowest BCUT2D eigenvalue weighted by Crippen LogP contribution is -2.37. The van der Waals surface area contributed by atoms with Gasteiger partial charge in [0, 0.05) is 48.4 Å². The van der Waals surface area contributed by atoms with Crippen LogP contribution in [0.2, 0.25) is 10.0 Å². The number of piperidine rings is 1. The molecule has 39 heavy (non-hydrogen) atoms. The molecular weight excluding hydrogens is 539 g/mol. The number of carboxylic acids is 1.